The summed E-state index contributed by atoms with van der Waals surface area (Å²) in [7, 11) is 5.95. The lowest BCUT2D eigenvalue weighted by molar-refractivity contribution is -0.870. The number of ether oxygens (including phenoxy) is 4. The summed E-state index contributed by atoms with van der Waals surface area (Å²) >= 11 is 0. The van der Waals surface area contributed by atoms with E-state index in [0.717, 1.165) is 38.5 Å². The number of esters is 2. The van der Waals surface area contributed by atoms with Crippen LogP contribution < -0.4 is 5.11 Å². The lowest BCUT2D eigenvalue weighted by atomic mass is 10.0. The minimum absolute atomic E-state index is 0.152. The SMILES string of the molecule is CCCCCCCCCC/C=C\CCCCCCCCCCCCCCCCCCCC(=O)OC(COC(=O)CCCCCCCCCCCCCCCCCCCCCCCCCCC)COC(OCC[N+](C)(C)C)C(=O)[O-]. The molecule has 9 heteroatoms. The molecule has 0 radical (unpaired) electrons. The number of quaternary nitrogens is 1. The highest BCUT2D eigenvalue weighted by Gasteiger charge is 2.22. The van der Waals surface area contributed by atoms with Gasteiger partial charge in [0, 0.05) is 12.8 Å². The van der Waals surface area contributed by atoms with Crippen LogP contribution in [-0.2, 0) is 33.3 Å². The van der Waals surface area contributed by atoms with E-state index in [-0.39, 0.29) is 32.2 Å². The number of rotatable bonds is 66. The second-order valence-electron chi connectivity index (χ2n) is 25.2. The zero-order valence-corrected chi connectivity index (χ0v) is 53.5. The Morgan fingerprint density at radius 1 is 0.367 bits per heavy atom. The van der Waals surface area contributed by atoms with E-state index in [1.807, 2.05) is 21.1 Å². The van der Waals surface area contributed by atoms with E-state index in [1.165, 1.54) is 295 Å². The highest BCUT2D eigenvalue weighted by molar-refractivity contribution is 5.70. The average Bonchev–Trinajstić information content (AvgIpc) is 3.42. The second kappa shape index (κ2) is 62.1. The van der Waals surface area contributed by atoms with Gasteiger partial charge in [0.25, 0.3) is 0 Å². The third-order valence-corrected chi connectivity index (χ3v) is 16.0. The topological polar surface area (TPSA) is 111 Å². The number of aliphatic carboxylic acids is 1. The Bertz CT molecular complexity index is 1300. The van der Waals surface area contributed by atoms with Gasteiger partial charge in [0.15, 0.2) is 12.4 Å². The molecule has 0 N–H and O–H groups in total. The summed E-state index contributed by atoms with van der Waals surface area (Å²) in [6.45, 7) is 4.83. The maximum absolute atomic E-state index is 12.9. The summed E-state index contributed by atoms with van der Waals surface area (Å²) in [5, 5.41) is 11.8. The molecule has 0 aromatic carbocycles. The van der Waals surface area contributed by atoms with Gasteiger partial charge in [0.2, 0.25) is 0 Å². The standard InChI is InChI=1S/C70H135NO8/c1-6-8-10-12-14-16-18-20-22-24-26-28-30-32-33-34-35-37-39-41-43-45-47-49-51-53-55-57-59-61-68(73)79-66(65-78-70(69(74)75)76-63-62-71(3,4)5)64-77-67(72)60-58-56-54-52-50-48-46-44-42-40-38-36-31-29-27-25-23-21-19-17-15-13-11-9-7-2/h24,26,66,70H,6-23,25,27-65H2,1-5H3/b26-24-. The number of unbranched alkanes of at least 4 members (excludes halogenated alkanes) is 49. The Morgan fingerprint density at radius 3 is 0.937 bits per heavy atom. The predicted octanol–water partition coefficient (Wildman–Crippen LogP) is 19.9. The van der Waals surface area contributed by atoms with Crippen LogP contribution in [0, 0.1) is 0 Å². The molecule has 0 aliphatic carbocycles. The van der Waals surface area contributed by atoms with E-state index in [4.69, 9.17) is 18.9 Å². The summed E-state index contributed by atoms with van der Waals surface area (Å²) in [5.41, 5.74) is 0. The number of carboxylic acids is 1. The molecule has 0 fully saturated rings. The van der Waals surface area contributed by atoms with Gasteiger partial charge in [-0.3, -0.25) is 9.59 Å². The molecule has 0 saturated carbocycles. The summed E-state index contributed by atoms with van der Waals surface area (Å²) in [4.78, 5) is 37.5. The Hall–Kier alpha value is -1.97. The lowest BCUT2D eigenvalue weighted by Gasteiger charge is -2.26. The van der Waals surface area contributed by atoms with E-state index in [0.29, 0.717) is 17.4 Å². The van der Waals surface area contributed by atoms with Crippen LogP contribution in [0.4, 0.5) is 0 Å². The number of hydrogen-bond donors (Lipinski definition) is 0. The molecule has 0 aliphatic heterocycles. The van der Waals surface area contributed by atoms with Crippen LogP contribution in [0.25, 0.3) is 0 Å². The van der Waals surface area contributed by atoms with Crippen LogP contribution in [0.5, 0.6) is 0 Å². The first-order valence-electron chi connectivity index (χ1n) is 34.8. The Labute approximate surface area is 491 Å². The van der Waals surface area contributed by atoms with Crippen molar-refractivity contribution in [2.24, 2.45) is 0 Å². The first-order valence-corrected chi connectivity index (χ1v) is 34.8. The van der Waals surface area contributed by atoms with Crippen LogP contribution in [-0.4, -0.2) is 82.3 Å². The zero-order chi connectivity index (χ0) is 57.6. The molecule has 9 nitrogen and oxygen atoms in total. The lowest BCUT2D eigenvalue weighted by Crippen LogP contribution is -2.44. The van der Waals surface area contributed by atoms with E-state index in [1.54, 1.807) is 0 Å². The van der Waals surface area contributed by atoms with Gasteiger partial charge in [0.1, 0.15) is 13.2 Å². The molecule has 0 saturated heterocycles. The number of carbonyl (C=O) groups is 3. The van der Waals surface area contributed by atoms with Crippen molar-refractivity contribution in [2.45, 2.75) is 373 Å². The largest absolute Gasteiger partial charge is 0.545 e. The number of hydrogen-bond acceptors (Lipinski definition) is 8. The molecular formula is C70H135NO8. The molecule has 2 unspecified atom stereocenters. The molecule has 79 heavy (non-hydrogen) atoms. The van der Waals surface area contributed by atoms with E-state index in [9.17, 15) is 19.5 Å². The fraction of sp³-hybridized carbons (Fsp3) is 0.929. The van der Waals surface area contributed by atoms with E-state index in [2.05, 4.69) is 26.0 Å². The van der Waals surface area contributed by atoms with Crippen LogP contribution in [0.3, 0.4) is 0 Å². The van der Waals surface area contributed by atoms with Gasteiger partial charge in [0.05, 0.1) is 40.3 Å². The monoisotopic (exact) mass is 1120 g/mol. The van der Waals surface area contributed by atoms with Crippen LogP contribution in [0.2, 0.25) is 0 Å². The van der Waals surface area contributed by atoms with Gasteiger partial charge < -0.3 is 33.3 Å². The van der Waals surface area contributed by atoms with Crippen molar-refractivity contribution in [3.05, 3.63) is 12.2 Å². The molecule has 0 aromatic rings. The van der Waals surface area contributed by atoms with Crippen molar-refractivity contribution in [2.75, 3.05) is 47.5 Å². The van der Waals surface area contributed by atoms with Gasteiger partial charge in [-0.1, -0.05) is 321 Å². The van der Waals surface area contributed by atoms with Crippen molar-refractivity contribution in [1.29, 1.82) is 0 Å². The van der Waals surface area contributed by atoms with Crippen molar-refractivity contribution in [1.82, 2.24) is 0 Å². The van der Waals surface area contributed by atoms with Gasteiger partial charge >= 0.3 is 11.9 Å². The first-order chi connectivity index (χ1) is 38.6. The van der Waals surface area contributed by atoms with Crippen molar-refractivity contribution < 1.29 is 42.9 Å². The maximum Gasteiger partial charge on any atom is 0.306 e. The number of allylic oxidation sites excluding steroid dienone is 2. The fourth-order valence-corrected chi connectivity index (χ4v) is 10.7. The van der Waals surface area contributed by atoms with Crippen LogP contribution >= 0.6 is 0 Å². The molecule has 0 bridgehead atoms. The minimum atomic E-state index is -1.62. The first kappa shape index (κ1) is 77.0. The van der Waals surface area contributed by atoms with Crippen molar-refractivity contribution in [3.63, 3.8) is 0 Å². The maximum atomic E-state index is 12.9. The Kier molecular flexibility index (Phi) is 60.5. The molecule has 468 valence electrons. The molecule has 0 spiro atoms. The molecule has 0 amide bonds. The summed E-state index contributed by atoms with van der Waals surface area (Å²) in [6.07, 6.45) is 71.5. The summed E-state index contributed by atoms with van der Waals surface area (Å²) in [6, 6.07) is 0. The minimum Gasteiger partial charge on any atom is -0.545 e. The quantitative estimate of drug-likeness (QED) is 0.0195. The third kappa shape index (κ3) is 63.5. The highest BCUT2D eigenvalue weighted by atomic mass is 16.7. The van der Waals surface area contributed by atoms with Gasteiger partial charge in [-0.05, 0) is 38.5 Å². The molecule has 0 heterocycles. The smallest absolute Gasteiger partial charge is 0.306 e. The highest BCUT2D eigenvalue weighted by Crippen LogP contribution is 2.19. The summed E-state index contributed by atoms with van der Waals surface area (Å²) in [5.74, 6) is -2.25. The van der Waals surface area contributed by atoms with Crippen molar-refractivity contribution >= 4 is 17.9 Å². The van der Waals surface area contributed by atoms with Gasteiger partial charge in [-0.15, -0.1) is 0 Å². The Balaban J connectivity index is 4.06. The van der Waals surface area contributed by atoms with Crippen LogP contribution in [0.15, 0.2) is 12.2 Å². The van der Waals surface area contributed by atoms with E-state index >= 15 is 0 Å². The molecule has 0 aliphatic rings. The molecule has 0 aromatic heterocycles. The average molecular weight is 1120 g/mol. The number of likely N-dealkylation sites (N-methyl/N-ethyl adjacent to an activating group) is 1. The van der Waals surface area contributed by atoms with Gasteiger partial charge in [-0.2, -0.15) is 0 Å². The number of nitrogens with zero attached hydrogens (tertiary/aromatic N) is 1. The Morgan fingerprint density at radius 2 is 0.646 bits per heavy atom. The zero-order valence-electron chi connectivity index (χ0n) is 53.5. The summed E-state index contributed by atoms with van der Waals surface area (Å²) < 4.78 is 22.8. The molecule has 2 atom stereocenters. The van der Waals surface area contributed by atoms with Gasteiger partial charge in [-0.25, -0.2) is 0 Å². The molecular weight excluding hydrogens is 983 g/mol. The molecule has 0 rings (SSSR count). The second-order valence-corrected chi connectivity index (χ2v) is 25.2. The fourth-order valence-electron chi connectivity index (χ4n) is 10.7. The third-order valence-electron chi connectivity index (χ3n) is 16.0. The van der Waals surface area contributed by atoms with Crippen LogP contribution in [0.1, 0.15) is 361 Å². The predicted molar refractivity (Wildman–Crippen MR) is 334 cm³/mol. The number of carbonyl (C=O) groups excluding carboxylic acids is 3. The number of carboxylic acid groups (broad SMARTS) is 1. The normalized spacial score (nSPS) is 12.7. The van der Waals surface area contributed by atoms with Crippen molar-refractivity contribution in [3.8, 4) is 0 Å². The van der Waals surface area contributed by atoms with E-state index < -0.39 is 24.3 Å².